The smallest absolute Gasteiger partial charge is 0.290 e. The molecule has 0 amide bonds. The van der Waals surface area contributed by atoms with Crippen LogP contribution in [-0.2, 0) is 0 Å². The molecule has 13 heavy (non-hydrogen) atoms. The topological polar surface area (TPSA) is 81.2 Å². The lowest BCUT2D eigenvalue weighted by Gasteiger charge is -2.02. The van der Waals surface area contributed by atoms with Gasteiger partial charge in [-0.25, -0.2) is 4.39 Å². The number of nitrogens with one attached hydrogen (secondary N) is 1. The first kappa shape index (κ1) is 9.69. The van der Waals surface area contributed by atoms with Gasteiger partial charge in [-0.3, -0.25) is 16.0 Å². The molecule has 0 atom stereocenters. The molecule has 0 aromatic heterocycles. The van der Waals surface area contributed by atoms with Crippen molar-refractivity contribution in [3.05, 3.63) is 33.1 Å². The fraction of sp³-hybridized carbons (Fsp3) is 0. The Kier molecular flexibility index (Phi) is 2.64. The van der Waals surface area contributed by atoms with E-state index in [1.54, 1.807) is 0 Å². The summed E-state index contributed by atoms with van der Waals surface area (Å²) < 4.78 is 12.8. The lowest BCUT2D eigenvalue weighted by atomic mass is 10.3. The van der Waals surface area contributed by atoms with Crippen molar-refractivity contribution >= 4 is 23.0 Å². The van der Waals surface area contributed by atoms with Crippen molar-refractivity contribution < 1.29 is 9.31 Å². The highest BCUT2D eigenvalue weighted by atomic mass is 35.5. The van der Waals surface area contributed by atoms with E-state index in [0.717, 1.165) is 12.1 Å². The van der Waals surface area contributed by atoms with Crippen LogP contribution in [0.5, 0.6) is 0 Å². The average molecular weight is 206 g/mol. The first-order valence-corrected chi connectivity index (χ1v) is 3.54. The number of hydrogen-bond donors (Lipinski definition) is 2. The molecule has 0 fully saturated rings. The van der Waals surface area contributed by atoms with Crippen LogP contribution < -0.4 is 11.3 Å². The van der Waals surface area contributed by atoms with E-state index in [0.29, 0.717) is 0 Å². The zero-order valence-corrected chi connectivity index (χ0v) is 7.01. The molecule has 0 bridgehead atoms. The van der Waals surface area contributed by atoms with Crippen molar-refractivity contribution in [2.45, 2.75) is 0 Å². The molecule has 7 heteroatoms. The molecule has 0 heterocycles. The van der Waals surface area contributed by atoms with Crippen molar-refractivity contribution in [1.82, 2.24) is 0 Å². The maximum Gasteiger partial charge on any atom is 0.290 e. The van der Waals surface area contributed by atoms with E-state index in [1.165, 1.54) is 0 Å². The third kappa shape index (κ3) is 1.85. The van der Waals surface area contributed by atoms with Gasteiger partial charge >= 0.3 is 0 Å². The predicted octanol–water partition coefficient (Wildman–Crippen LogP) is 1.67. The molecule has 0 aliphatic carbocycles. The van der Waals surface area contributed by atoms with Crippen LogP contribution in [0.4, 0.5) is 15.8 Å². The number of nitrogens with zero attached hydrogens (tertiary/aromatic N) is 1. The van der Waals surface area contributed by atoms with E-state index >= 15 is 0 Å². The highest BCUT2D eigenvalue weighted by Crippen LogP contribution is 2.29. The Labute approximate surface area is 77.4 Å². The van der Waals surface area contributed by atoms with Gasteiger partial charge in [-0.05, 0) is 0 Å². The van der Waals surface area contributed by atoms with E-state index in [4.69, 9.17) is 17.4 Å². The third-order valence-electron chi connectivity index (χ3n) is 1.39. The Hall–Kier alpha value is -1.40. The fourth-order valence-corrected chi connectivity index (χ4v) is 1.01. The number of rotatable bonds is 2. The molecule has 1 rings (SSSR count). The van der Waals surface area contributed by atoms with E-state index < -0.39 is 16.4 Å². The largest absolute Gasteiger partial charge is 0.321 e. The second-order valence-electron chi connectivity index (χ2n) is 2.18. The SMILES string of the molecule is NNc1cc([N+](=O)[O-])c(Cl)cc1F. The minimum Gasteiger partial charge on any atom is -0.321 e. The van der Waals surface area contributed by atoms with Gasteiger partial charge in [0.2, 0.25) is 0 Å². The van der Waals surface area contributed by atoms with Gasteiger partial charge in [0, 0.05) is 12.1 Å². The number of hydrazine groups is 1. The summed E-state index contributed by atoms with van der Waals surface area (Å²) in [6.45, 7) is 0. The highest BCUT2D eigenvalue weighted by Gasteiger charge is 2.16. The van der Waals surface area contributed by atoms with Gasteiger partial charge in [-0.2, -0.15) is 0 Å². The van der Waals surface area contributed by atoms with Crippen molar-refractivity contribution in [2.75, 3.05) is 5.43 Å². The number of benzene rings is 1. The quantitative estimate of drug-likeness (QED) is 0.437. The Morgan fingerprint density at radius 3 is 2.69 bits per heavy atom. The number of halogens is 2. The lowest BCUT2D eigenvalue weighted by Crippen LogP contribution is -2.09. The Morgan fingerprint density at radius 1 is 1.62 bits per heavy atom. The summed E-state index contributed by atoms with van der Waals surface area (Å²) in [5.74, 6) is 4.18. The van der Waals surface area contributed by atoms with E-state index in [9.17, 15) is 14.5 Å². The predicted molar refractivity (Wildman–Crippen MR) is 45.9 cm³/mol. The Bertz CT molecular complexity index is 358. The van der Waals surface area contributed by atoms with Crippen molar-refractivity contribution in [3.63, 3.8) is 0 Å². The van der Waals surface area contributed by atoms with E-state index in [2.05, 4.69) is 0 Å². The maximum atomic E-state index is 12.8. The van der Waals surface area contributed by atoms with Gasteiger partial charge in [0.15, 0.2) is 0 Å². The van der Waals surface area contributed by atoms with Crippen LogP contribution in [0.3, 0.4) is 0 Å². The van der Waals surface area contributed by atoms with Gasteiger partial charge in [0.05, 0.1) is 10.6 Å². The molecule has 1 aromatic rings. The Morgan fingerprint density at radius 2 is 2.23 bits per heavy atom. The van der Waals surface area contributed by atoms with Gasteiger partial charge in [-0.15, -0.1) is 0 Å². The van der Waals surface area contributed by atoms with Gasteiger partial charge in [0.25, 0.3) is 5.69 Å². The molecular formula is C6H5ClFN3O2. The minimum absolute atomic E-state index is 0.170. The van der Waals surface area contributed by atoms with Crippen LogP contribution in [0.1, 0.15) is 0 Å². The minimum atomic E-state index is -0.738. The van der Waals surface area contributed by atoms with Crippen molar-refractivity contribution in [1.29, 1.82) is 0 Å². The van der Waals surface area contributed by atoms with Crippen LogP contribution in [-0.4, -0.2) is 4.92 Å². The number of anilines is 1. The first-order valence-electron chi connectivity index (χ1n) is 3.16. The van der Waals surface area contributed by atoms with Crippen LogP contribution in [0.15, 0.2) is 12.1 Å². The molecule has 0 aliphatic heterocycles. The number of nitrogens with two attached hydrogens (primary N) is 1. The van der Waals surface area contributed by atoms with Crippen LogP contribution in [0, 0.1) is 15.9 Å². The van der Waals surface area contributed by atoms with E-state index in [1.807, 2.05) is 5.43 Å². The molecule has 0 saturated carbocycles. The Balaban J connectivity index is 3.30. The number of nitro groups is 1. The summed E-state index contributed by atoms with van der Waals surface area (Å²) in [5.41, 5.74) is 1.42. The molecular weight excluding hydrogens is 201 g/mol. The molecule has 5 nitrogen and oxygen atoms in total. The first-order chi connectivity index (χ1) is 6.06. The lowest BCUT2D eigenvalue weighted by molar-refractivity contribution is -0.384. The van der Waals surface area contributed by atoms with Gasteiger partial charge in [0.1, 0.15) is 10.8 Å². The highest BCUT2D eigenvalue weighted by molar-refractivity contribution is 6.32. The van der Waals surface area contributed by atoms with Crippen molar-refractivity contribution in [3.8, 4) is 0 Å². The maximum absolute atomic E-state index is 12.8. The number of hydrogen-bond acceptors (Lipinski definition) is 4. The second kappa shape index (κ2) is 3.55. The second-order valence-corrected chi connectivity index (χ2v) is 2.59. The molecule has 0 spiro atoms. The van der Waals surface area contributed by atoms with Crippen LogP contribution >= 0.6 is 11.6 Å². The summed E-state index contributed by atoms with van der Waals surface area (Å²) in [6.07, 6.45) is 0. The van der Waals surface area contributed by atoms with Crippen LogP contribution in [0.25, 0.3) is 0 Å². The number of nitro benzene ring substituents is 1. The zero-order chi connectivity index (χ0) is 10.0. The summed E-state index contributed by atoms with van der Waals surface area (Å²) in [5, 5.41) is 10.1. The summed E-state index contributed by atoms with van der Waals surface area (Å²) >= 11 is 5.40. The van der Waals surface area contributed by atoms with E-state index in [-0.39, 0.29) is 10.7 Å². The molecule has 0 radical (unpaired) electrons. The average Bonchev–Trinajstić information content (AvgIpc) is 2.03. The third-order valence-corrected chi connectivity index (χ3v) is 1.69. The van der Waals surface area contributed by atoms with Gasteiger partial charge in [-0.1, -0.05) is 11.6 Å². The monoisotopic (exact) mass is 205 g/mol. The fourth-order valence-electron chi connectivity index (χ4n) is 0.788. The normalized spacial score (nSPS) is 9.77. The standard InChI is InChI=1S/C6H5ClFN3O2/c7-3-1-4(8)5(10-9)2-6(3)11(12)13/h1-2,10H,9H2. The van der Waals surface area contributed by atoms with Crippen LogP contribution in [0.2, 0.25) is 5.02 Å². The summed E-state index contributed by atoms with van der Waals surface area (Å²) in [7, 11) is 0. The van der Waals surface area contributed by atoms with Gasteiger partial charge < -0.3 is 5.43 Å². The molecule has 0 unspecified atom stereocenters. The zero-order valence-electron chi connectivity index (χ0n) is 6.25. The molecule has 0 saturated heterocycles. The summed E-state index contributed by atoms with van der Waals surface area (Å²) in [4.78, 5) is 9.61. The molecule has 1 aromatic carbocycles. The molecule has 0 aliphatic rings. The molecule has 3 N–H and O–H groups in total. The van der Waals surface area contributed by atoms with Crippen molar-refractivity contribution in [2.24, 2.45) is 5.84 Å². The molecule has 70 valence electrons. The summed E-state index contributed by atoms with van der Waals surface area (Å²) in [6, 6.07) is 1.76. The number of nitrogen functional groups attached to an aromatic ring is 1.